The number of hydrogen-bond acceptors (Lipinski definition) is 2. The van der Waals surface area contributed by atoms with Gasteiger partial charge in [-0.3, -0.25) is 4.79 Å². The van der Waals surface area contributed by atoms with E-state index in [1.807, 2.05) is 73.3 Å². The first-order valence-corrected chi connectivity index (χ1v) is 8.65. The monoisotopic (exact) mass is 340 g/mol. The summed E-state index contributed by atoms with van der Waals surface area (Å²) in [7, 11) is 1.97. The largest absolute Gasteiger partial charge is 0.350 e. The number of anilines is 3. The molecule has 0 bridgehead atoms. The summed E-state index contributed by atoms with van der Waals surface area (Å²) in [5.41, 5.74) is 4.86. The summed E-state index contributed by atoms with van der Waals surface area (Å²) in [6.45, 7) is 1.86. The molecule has 0 unspecified atom stereocenters. The van der Waals surface area contributed by atoms with Crippen LogP contribution in [-0.2, 0) is 7.05 Å². The number of aromatic nitrogens is 1. The van der Waals surface area contributed by atoms with Crippen molar-refractivity contribution in [2.75, 3.05) is 4.90 Å². The van der Waals surface area contributed by atoms with Gasteiger partial charge in [0.2, 0.25) is 0 Å². The van der Waals surface area contributed by atoms with E-state index >= 15 is 0 Å². The van der Waals surface area contributed by atoms with Gasteiger partial charge in [-0.2, -0.15) is 0 Å². The maximum atomic E-state index is 12.7. The molecule has 0 saturated heterocycles. The highest BCUT2D eigenvalue weighted by Crippen LogP contribution is 2.35. The summed E-state index contributed by atoms with van der Waals surface area (Å²) in [6.07, 6.45) is 1.89. The normalized spacial score (nSPS) is 10.8. The van der Waals surface area contributed by atoms with Crippen LogP contribution in [0.5, 0.6) is 0 Å². The highest BCUT2D eigenvalue weighted by Gasteiger charge is 2.14. The second kappa shape index (κ2) is 6.52. The number of nitrogens with zero attached hydrogens (tertiary/aromatic N) is 2. The van der Waals surface area contributed by atoms with Gasteiger partial charge in [0, 0.05) is 41.3 Å². The molecule has 26 heavy (non-hydrogen) atoms. The molecular formula is C23H20N2O. The molecule has 0 aliphatic rings. The minimum atomic E-state index is 0.0843. The number of hydrogen-bond donors (Lipinski definition) is 0. The van der Waals surface area contributed by atoms with Crippen LogP contribution in [-0.4, -0.2) is 4.57 Å². The highest BCUT2D eigenvalue weighted by atomic mass is 16.1. The van der Waals surface area contributed by atoms with Crippen molar-refractivity contribution in [1.82, 2.24) is 4.57 Å². The third-order valence-electron chi connectivity index (χ3n) is 4.64. The van der Waals surface area contributed by atoms with E-state index in [2.05, 4.69) is 35.2 Å². The Hall–Kier alpha value is -3.33. The Balaban J connectivity index is 1.97. The van der Waals surface area contributed by atoms with E-state index in [4.69, 9.17) is 0 Å². The van der Waals surface area contributed by atoms with Crippen molar-refractivity contribution in [3.63, 3.8) is 0 Å². The Morgan fingerprint density at radius 3 is 1.92 bits per heavy atom. The Labute approximate surface area is 152 Å². The first-order chi connectivity index (χ1) is 12.6. The van der Waals surface area contributed by atoms with E-state index in [0.29, 0.717) is 0 Å². The lowest BCUT2D eigenvalue weighted by Crippen LogP contribution is -2.13. The number of para-hydroxylation sites is 2. The average Bonchev–Trinajstić information content (AvgIpc) is 2.68. The third-order valence-corrected chi connectivity index (χ3v) is 4.64. The Kier molecular flexibility index (Phi) is 4.05. The van der Waals surface area contributed by atoms with Gasteiger partial charge in [0.25, 0.3) is 0 Å². The van der Waals surface area contributed by atoms with Crippen molar-refractivity contribution in [3.8, 4) is 0 Å². The quantitative estimate of drug-likeness (QED) is 0.504. The molecule has 4 rings (SSSR count). The van der Waals surface area contributed by atoms with Gasteiger partial charge in [0.05, 0.1) is 5.52 Å². The number of fused-ring (bicyclic) bond motifs is 1. The van der Waals surface area contributed by atoms with Crippen LogP contribution in [0.1, 0.15) is 5.56 Å². The third kappa shape index (κ3) is 2.78. The van der Waals surface area contributed by atoms with Crippen molar-refractivity contribution < 1.29 is 0 Å². The van der Waals surface area contributed by atoms with Crippen LogP contribution in [0.25, 0.3) is 10.9 Å². The maximum Gasteiger partial charge on any atom is 0.192 e. The van der Waals surface area contributed by atoms with Crippen LogP contribution >= 0.6 is 0 Å². The zero-order valence-corrected chi connectivity index (χ0v) is 14.9. The molecule has 1 aromatic heterocycles. The molecule has 0 atom stereocenters. The molecule has 3 nitrogen and oxygen atoms in total. The molecule has 0 aliphatic carbocycles. The Morgan fingerprint density at radius 2 is 1.35 bits per heavy atom. The van der Waals surface area contributed by atoms with E-state index in [0.717, 1.165) is 33.5 Å². The lowest BCUT2D eigenvalue weighted by atomic mass is 10.1. The van der Waals surface area contributed by atoms with E-state index in [-0.39, 0.29) is 5.43 Å². The van der Waals surface area contributed by atoms with Crippen molar-refractivity contribution in [3.05, 3.63) is 101 Å². The molecule has 0 amide bonds. The fourth-order valence-electron chi connectivity index (χ4n) is 3.38. The molecule has 1 heterocycles. The average molecular weight is 340 g/mol. The van der Waals surface area contributed by atoms with Gasteiger partial charge < -0.3 is 9.47 Å². The SMILES string of the molecule is Cc1cn(C)c2ccc(N(c3ccccc3)c3ccccc3)cc2c1=O. The highest BCUT2D eigenvalue weighted by molar-refractivity contribution is 5.87. The summed E-state index contributed by atoms with van der Waals surface area (Å²) in [5.74, 6) is 0. The number of aryl methyl sites for hydroxylation is 2. The predicted octanol–water partition coefficient (Wildman–Crippen LogP) is 5.32. The van der Waals surface area contributed by atoms with Crippen LogP contribution in [0.15, 0.2) is 89.9 Å². The smallest absolute Gasteiger partial charge is 0.192 e. The molecule has 3 heteroatoms. The fourth-order valence-corrected chi connectivity index (χ4v) is 3.38. The summed E-state index contributed by atoms with van der Waals surface area (Å²) >= 11 is 0. The molecule has 128 valence electrons. The van der Waals surface area contributed by atoms with Crippen LogP contribution in [0, 0.1) is 6.92 Å². The van der Waals surface area contributed by atoms with Crippen molar-refractivity contribution in [2.45, 2.75) is 6.92 Å². The molecule has 4 aromatic rings. The second-order valence-corrected chi connectivity index (χ2v) is 6.46. The summed E-state index contributed by atoms with van der Waals surface area (Å²) in [4.78, 5) is 14.9. The number of benzene rings is 3. The molecule has 0 N–H and O–H groups in total. The van der Waals surface area contributed by atoms with Crippen molar-refractivity contribution in [2.24, 2.45) is 7.05 Å². The zero-order valence-electron chi connectivity index (χ0n) is 14.9. The Morgan fingerprint density at radius 1 is 0.769 bits per heavy atom. The van der Waals surface area contributed by atoms with Crippen LogP contribution in [0.4, 0.5) is 17.1 Å². The molecular weight excluding hydrogens is 320 g/mol. The van der Waals surface area contributed by atoms with Gasteiger partial charge in [-0.25, -0.2) is 0 Å². The minimum Gasteiger partial charge on any atom is -0.350 e. The van der Waals surface area contributed by atoms with Gasteiger partial charge in [-0.05, 0) is 49.4 Å². The predicted molar refractivity (Wildman–Crippen MR) is 109 cm³/mol. The summed E-state index contributed by atoms with van der Waals surface area (Å²) in [5, 5.41) is 0.738. The molecule has 0 saturated carbocycles. The van der Waals surface area contributed by atoms with Gasteiger partial charge in [-0.15, -0.1) is 0 Å². The second-order valence-electron chi connectivity index (χ2n) is 6.46. The fraction of sp³-hybridized carbons (Fsp3) is 0.0870. The van der Waals surface area contributed by atoms with Crippen LogP contribution in [0.2, 0.25) is 0 Å². The van der Waals surface area contributed by atoms with Gasteiger partial charge in [0.15, 0.2) is 5.43 Å². The van der Waals surface area contributed by atoms with Gasteiger partial charge in [-0.1, -0.05) is 36.4 Å². The summed E-state index contributed by atoms with van der Waals surface area (Å²) < 4.78 is 2.01. The maximum absolute atomic E-state index is 12.7. The van der Waals surface area contributed by atoms with Gasteiger partial charge in [0.1, 0.15) is 0 Å². The molecule has 0 radical (unpaired) electrons. The van der Waals surface area contributed by atoms with Crippen molar-refractivity contribution >= 4 is 28.0 Å². The Bertz CT molecular complexity index is 1080. The van der Waals surface area contributed by atoms with Crippen molar-refractivity contribution in [1.29, 1.82) is 0 Å². The van der Waals surface area contributed by atoms with Crippen LogP contribution in [0.3, 0.4) is 0 Å². The molecule has 0 aliphatic heterocycles. The lowest BCUT2D eigenvalue weighted by Gasteiger charge is -2.25. The lowest BCUT2D eigenvalue weighted by molar-refractivity contribution is 0.939. The standard InChI is InChI=1S/C23H20N2O/c1-17-16-24(2)22-14-13-20(15-21(22)23(17)26)25(18-9-5-3-6-10-18)19-11-7-4-8-12-19/h3-16H,1-2H3. The first kappa shape index (κ1) is 16.2. The van der Waals surface area contributed by atoms with E-state index < -0.39 is 0 Å². The molecule has 3 aromatic carbocycles. The molecule has 0 fully saturated rings. The number of rotatable bonds is 3. The van der Waals surface area contributed by atoms with E-state index in [9.17, 15) is 4.79 Å². The molecule has 0 spiro atoms. The van der Waals surface area contributed by atoms with Gasteiger partial charge >= 0.3 is 0 Å². The topological polar surface area (TPSA) is 25.2 Å². The zero-order chi connectivity index (χ0) is 18.1. The first-order valence-electron chi connectivity index (χ1n) is 8.65. The van der Waals surface area contributed by atoms with E-state index in [1.165, 1.54) is 0 Å². The minimum absolute atomic E-state index is 0.0843. The number of pyridine rings is 1. The summed E-state index contributed by atoms with van der Waals surface area (Å²) in [6, 6.07) is 26.5. The van der Waals surface area contributed by atoms with Crippen LogP contribution < -0.4 is 10.3 Å². The van der Waals surface area contributed by atoms with E-state index in [1.54, 1.807) is 0 Å².